The van der Waals surface area contributed by atoms with Crippen molar-refractivity contribution in [1.82, 2.24) is 0 Å². The van der Waals surface area contributed by atoms with Gasteiger partial charge in [0.05, 0.1) is 6.10 Å². The number of hydrogen-bond donors (Lipinski definition) is 2. The van der Waals surface area contributed by atoms with Crippen molar-refractivity contribution in [3.63, 3.8) is 0 Å². The van der Waals surface area contributed by atoms with Gasteiger partial charge in [0.15, 0.2) is 8.32 Å². The summed E-state index contributed by atoms with van der Waals surface area (Å²) in [5.74, 6) is 0.541. The fourth-order valence-electron chi connectivity index (χ4n) is 2.14. The molecule has 0 amide bonds. The van der Waals surface area contributed by atoms with Gasteiger partial charge in [-0.15, -0.1) is 0 Å². The zero-order valence-corrected chi connectivity index (χ0v) is 12.9. The van der Waals surface area contributed by atoms with Crippen molar-refractivity contribution >= 4 is 8.32 Å². The third kappa shape index (κ3) is 3.78. The van der Waals surface area contributed by atoms with Crippen molar-refractivity contribution in [3.8, 4) is 0 Å². The van der Waals surface area contributed by atoms with Crippen LogP contribution in [0.25, 0.3) is 0 Å². The van der Waals surface area contributed by atoms with E-state index in [2.05, 4.69) is 33.9 Å². The summed E-state index contributed by atoms with van der Waals surface area (Å²) >= 11 is 0. The minimum absolute atomic E-state index is 0.169. The van der Waals surface area contributed by atoms with Crippen LogP contribution in [0.3, 0.4) is 0 Å². The Morgan fingerprint density at radius 3 is 2.18 bits per heavy atom. The molecule has 3 atom stereocenters. The predicted molar refractivity (Wildman–Crippen MR) is 72.5 cm³/mol. The van der Waals surface area contributed by atoms with Gasteiger partial charge in [-0.05, 0) is 42.8 Å². The van der Waals surface area contributed by atoms with Crippen LogP contribution >= 0.6 is 0 Å². The highest BCUT2D eigenvalue weighted by molar-refractivity contribution is 6.74. The maximum absolute atomic E-state index is 9.64. The Hall–Kier alpha value is 0.0969. The van der Waals surface area contributed by atoms with Crippen molar-refractivity contribution in [2.24, 2.45) is 11.8 Å². The summed E-state index contributed by atoms with van der Waals surface area (Å²) in [6.07, 6.45) is 1.25. The summed E-state index contributed by atoms with van der Waals surface area (Å²) in [5.41, 5.74) is 0. The Bertz CT molecular complexity index is 248. The van der Waals surface area contributed by atoms with Crippen molar-refractivity contribution in [2.45, 2.75) is 57.8 Å². The minimum Gasteiger partial charge on any atom is -0.417 e. The Labute approximate surface area is 106 Å². The molecule has 0 saturated heterocycles. The van der Waals surface area contributed by atoms with Gasteiger partial charge >= 0.3 is 0 Å². The molecule has 0 unspecified atom stereocenters. The largest absolute Gasteiger partial charge is 0.417 e. The van der Waals surface area contributed by atoms with Crippen LogP contribution in [0.2, 0.25) is 18.1 Å². The van der Waals surface area contributed by atoms with E-state index in [4.69, 9.17) is 4.43 Å². The van der Waals surface area contributed by atoms with E-state index in [1.165, 1.54) is 0 Å². The second-order valence-electron chi connectivity index (χ2n) is 6.90. The zero-order chi connectivity index (χ0) is 13.3. The molecule has 1 aliphatic rings. The van der Waals surface area contributed by atoms with E-state index in [0.29, 0.717) is 12.5 Å². The molecule has 1 fully saturated rings. The maximum Gasteiger partial charge on any atom is 0.191 e. The first-order valence-corrected chi connectivity index (χ1v) is 9.51. The lowest BCUT2D eigenvalue weighted by Crippen LogP contribution is -2.42. The highest BCUT2D eigenvalue weighted by Crippen LogP contribution is 2.39. The SMILES string of the molecule is CC(C)(C)[Si](C)(C)OC[C@@H]1C[C@H](O)C[C@H]1CO. The number of aliphatic hydroxyl groups excluding tert-OH is 2. The fourth-order valence-corrected chi connectivity index (χ4v) is 3.20. The standard InChI is InChI=1S/C13H28O3Si/c1-13(2,3)17(4,5)16-9-11-7-12(15)6-10(11)8-14/h10-12,14-15H,6-9H2,1-5H3/t10-,11-,12+/m0/s1. The molecule has 0 spiro atoms. The Kier molecular flexibility index (Phi) is 4.80. The van der Waals surface area contributed by atoms with Crippen LogP contribution in [0.1, 0.15) is 33.6 Å². The van der Waals surface area contributed by atoms with Crippen LogP contribution in [0, 0.1) is 11.8 Å². The van der Waals surface area contributed by atoms with Gasteiger partial charge in [0.25, 0.3) is 0 Å². The molecule has 0 radical (unpaired) electrons. The zero-order valence-electron chi connectivity index (χ0n) is 11.9. The Morgan fingerprint density at radius 2 is 1.71 bits per heavy atom. The quantitative estimate of drug-likeness (QED) is 0.763. The summed E-state index contributed by atoms with van der Waals surface area (Å²) in [5, 5.41) is 19.1. The normalized spacial score (nSPS) is 30.9. The van der Waals surface area contributed by atoms with Crippen molar-refractivity contribution in [1.29, 1.82) is 0 Å². The smallest absolute Gasteiger partial charge is 0.191 e. The molecule has 0 bridgehead atoms. The van der Waals surface area contributed by atoms with Crippen LogP contribution in [0.4, 0.5) is 0 Å². The van der Waals surface area contributed by atoms with Crippen molar-refractivity contribution in [3.05, 3.63) is 0 Å². The first kappa shape index (κ1) is 15.2. The molecule has 2 N–H and O–H groups in total. The van der Waals surface area contributed by atoms with E-state index >= 15 is 0 Å². The molecule has 0 aromatic heterocycles. The first-order chi connectivity index (χ1) is 7.67. The van der Waals surface area contributed by atoms with E-state index in [9.17, 15) is 10.2 Å². The molecule has 4 heteroatoms. The molecular formula is C13H28O3Si. The van der Waals surface area contributed by atoms with Gasteiger partial charge in [0, 0.05) is 13.2 Å². The van der Waals surface area contributed by atoms with Crippen LogP contribution in [-0.4, -0.2) is 37.8 Å². The van der Waals surface area contributed by atoms with Gasteiger partial charge in [0.2, 0.25) is 0 Å². The van der Waals surface area contributed by atoms with Gasteiger partial charge in [0.1, 0.15) is 0 Å². The van der Waals surface area contributed by atoms with Crippen LogP contribution < -0.4 is 0 Å². The monoisotopic (exact) mass is 260 g/mol. The van der Waals surface area contributed by atoms with Gasteiger partial charge in [-0.25, -0.2) is 0 Å². The molecule has 3 nitrogen and oxygen atoms in total. The molecule has 17 heavy (non-hydrogen) atoms. The summed E-state index contributed by atoms with van der Waals surface area (Å²) in [6, 6.07) is 0. The molecule has 0 heterocycles. The van der Waals surface area contributed by atoms with Crippen molar-refractivity contribution < 1.29 is 14.6 Å². The van der Waals surface area contributed by atoms with Gasteiger partial charge < -0.3 is 14.6 Å². The molecule has 102 valence electrons. The van der Waals surface area contributed by atoms with Gasteiger partial charge in [-0.2, -0.15) is 0 Å². The highest BCUT2D eigenvalue weighted by atomic mass is 28.4. The highest BCUT2D eigenvalue weighted by Gasteiger charge is 2.39. The molecular weight excluding hydrogens is 232 g/mol. The summed E-state index contributed by atoms with van der Waals surface area (Å²) in [6.45, 7) is 12.0. The molecule has 0 aromatic carbocycles. The molecule has 1 saturated carbocycles. The van der Waals surface area contributed by atoms with Crippen molar-refractivity contribution in [2.75, 3.05) is 13.2 Å². The lowest BCUT2D eigenvalue weighted by molar-refractivity contribution is 0.144. The molecule has 1 aliphatic carbocycles. The second kappa shape index (κ2) is 5.39. The van der Waals surface area contributed by atoms with E-state index in [-0.39, 0.29) is 23.7 Å². The molecule has 1 rings (SSSR count). The number of aliphatic hydroxyl groups is 2. The predicted octanol–water partition coefficient (Wildman–Crippen LogP) is 2.39. The third-order valence-electron chi connectivity index (χ3n) is 4.52. The summed E-state index contributed by atoms with van der Waals surface area (Å²) in [4.78, 5) is 0. The van der Waals surface area contributed by atoms with E-state index in [1.54, 1.807) is 0 Å². The summed E-state index contributed by atoms with van der Waals surface area (Å²) in [7, 11) is -1.70. The van der Waals surface area contributed by atoms with Crippen LogP contribution in [0.15, 0.2) is 0 Å². The lowest BCUT2D eigenvalue weighted by atomic mass is 9.98. The maximum atomic E-state index is 9.64. The second-order valence-corrected chi connectivity index (χ2v) is 11.7. The van der Waals surface area contributed by atoms with Crippen LogP contribution in [0.5, 0.6) is 0 Å². The minimum atomic E-state index is -1.70. The van der Waals surface area contributed by atoms with Gasteiger partial charge in [-0.1, -0.05) is 20.8 Å². The van der Waals surface area contributed by atoms with Crippen LogP contribution in [-0.2, 0) is 4.43 Å². The number of hydrogen-bond acceptors (Lipinski definition) is 3. The van der Waals surface area contributed by atoms with E-state index in [0.717, 1.165) is 12.8 Å². The Morgan fingerprint density at radius 1 is 1.18 bits per heavy atom. The van der Waals surface area contributed by atoms with E-state index in [1.807, 2.05) is 0 Å². The number of rotatable bonds is 4. The Balaban J connectivity index is 2.50. The third-order valence-corrected chi connectivity index (χ3v) is 9.02. The topological polar surface area (TPSA) is 49.7 Å². The summed E-state index contributed by atoms with van der Waals surface area (Å²) < 4.78 is 6.17. The average Bonchev–Trinajstić information content (AvgIpc) is 2.54. The molecule has 0 aliphatic heterocycles. The van der Waals surface area contributed by atoms with E-state index < -0.39 is 8.32 Å². The van der Waals surface area contributed by atoms with Gasteiger partial charge in [-0.3, -0.25) is 0 Å². The fraction of sp³-hybridized carbons (Fsp3) is 1.00. The average molecular weight is 260 g/mol. The lowest BCUT2D eigenvalue weighted by Gasteiger charge is -2.37. The first-order valence-electron chi connectivity index (χ1n) is 6.60. The molecule has 0 aromatic rings.